The molecule has 1 atom stereocenters. The number of sulfone groups is 1. The van der Waals surface area contributed by atoms with Gasteiger partial charge in [-0.1, -0.05) is 54.6 Å². The van der Waals surface area contributed by atoms with Crippen LogP contribution >= 0.6 is 0 Å². The second-order valence-electron chi connectivity index (χ2n) is 12.9. The first-order valence-electron chi connectivity index (χ1n) is 16.4. The number of allylic oxidation sites excluding steroid dienone is 4. The second-order valence-corrected chi connectivity index (χ2v) is 14.9. The summed E-state index contributed by atoms with van der Waals surface area (Å²) in [7, 11) is -3.52. The molecule has 0 saturated heterocycles. The van der Waals surface area contributed by atoms with Gasteiger partial charge in [0, 0.05) is 48.5 Å². The Bertz CT molecular complexity index is 1970. The predicted octanol–water partition coefficient (Wildman–Crippen LogP) is 8.02. The zero-order chi connectivity index (χ0) is 30.4. The molecule has 4 aliphatic rings. The smallest absolute Gasteiger partial charge is 0.208 e. The van der Waals surface area contributed by atoms with Crippen LogP contribution in [0, 0.1) is 5.92 Å². The molecule has 2 aliphatic heterocycles. The van der Waals surface area contributed by atoms with Gasteiger partial charge >= 0.3 is 0 Å². The number of rotatable bonds is 6. The average molecular weight is 612 g/mol. The van der Waals surface area contributed by atoms with Crippen molar-refractivity contribution in [1.82, 2.24) is 0 Å². The number of fused-ring (bicyclic) bond motifs is 3. The third-order valence-corrected chi connectivity index (χ3v) is 12.0. The normalized spacial score (nSPS) is 20.7. The van der Waals surface area contributed by atoms with Crippen molar-refractivity contribution in [2.24, 2.45) is 5.92 Å². The van der Waals surface area contributed by atoms with E-state index in [2.05, 4.69) is 70.2 Å². The second kappa shape index (κ2) is 11.6. The van der Waals surface area contributed by atoms with Crippen LogP contribution in [0.4, 0.5) is 11.4 Å². The lowest BCUT2D eigenvalue weighted by Crippen LogP contribution is -2.27. The van der Waals surface area contributed by atoms with Crippen molar-refractivity contribution < 1.29 is 13.0 Å². The van der Waals surface area contributed by atoms with E-state index in [0.29, 0.717) is 15.7 Å². The lowest BCUT2D eigenvalue weighted by molar-refractivity contribution is -0.429. The third kappa shape index (κ3) is 5.37. The Hall–Kier alpha value is -4.22. The summed E-state index contributed by atoms with van der Waals surface area (Å²) in [5, 5.41) is 0. The highest BCUT2D eigenvalue weighted by molar-refractivity contribution is 7.91. The van der Waals surface area contributed by atoms with Gasteiger partial charge < -0.3 is 4.90 Å². The Balaban J connectivity index is 1.03. The topological polar surface area (TPSA) is 40.4 Å². The van der Waals surface area contributed by atoms with Gasteiger partial charge in [-0.25, -0.2) is 8.42 Å². The molecule has 0 spiro atoms. The van der Waals surface area contributed by atoms with Crippen LogP contribution in [0.5, 0.6) is 0 Å². The molecule has 0 bridgehead atoms. The van der Waals surface area contributed by atoms with Crippen LogP contribution in [-0.2, 0) is 35.5 Å². The average Bonchev–Trinajstić information content (AvgIpc) is 3.72. The first-order chi connectivity index (χ1) is 22.0. The minimum Gasteiger partial charge on any atom is -0.345 e. The minimum atomic E-state index is -3.52. The molecule has 1 unspecified atom stereocenters. The van der Waals surface area contributed by atoms with Crippen molar-refractivity contribution in [3.63, 3.8) is 0 Å². The maximum atomic E-state index is 13.3. The van der Waals surface area contributed by atoms with Crippen LogP contribution in [0.3, 0.4) is 0 Å². The van der Waals surface area contributed by atoms with E-state index in [0.717, 1.165) is 62.9 Å². The number of aryl methyl sites for hydroxylation is 2. The van der Waals surface area contributed by atoms with Gasteiger partial charge in [0.15, 0.2) is 12.3 Å². The van der Waals surface area contributed by atoms with E-state index < -0.39 is 9.84 Å². The van der Waals surface area contributed by atoms with Crippen molar-refractivity contribution >= 4 is 26.9 Å². The zero-order valence-electron chi connectivity index (χ0n) is 25.7. The fourth-order valence-corrected chi connectivity index (χ4v) is 9.11. The molecule has 2 heterocycles. The molecule has 0 radical (unpaired) electrons. The summed E-state index contributed by atoms with van der Waals surface area (Å²) in [5.41, 5.74) is 12.3. The number of benzene rings is 4. The van der Waals surface area contributed by atoms with Gasteiger partial charge in [0.05, 0.1) is 9.79 Å². The first kappa shape index (κ1) is 28.3. The van der Waals surface area contributed by atoms with Crippen LogP contribution in [0.2, 0.25) is 0 Å². The standard InChI is InChI=1S/C40H39N2O2S/c43-45(44,37-9-5-2-6-10-37)38-18-20-40-33(28-38)22-24-42(40)36-17-15-31-14-16-35(26-34(31)27-36)41-23-21-32-25-30(13-19-39(32)41)12-11-29-7-3-1-4-8-29/h1-10,13,18-20,25-28,31H,11-12,14-17,21-24H2/q+1. The molecule has 0 fully saturated rings. The van der Waals surface area contributed by atoms with Crippen LogP contribution in [0.25, 0.3) is 0 Å². The van der Waals surface area contributed by atoms with Crippen LogP contribution < -0.4 is 4.90 Å². The SMILES string of the molecule is O=S(=O)(c1ccccc1)c1ccc2c(c1)CCN2C1=CC2=C/C(=[N+]3\CCc4cc(CCc5ccccc5)ccc43)CCC2CC1. The zero-order valence-corrected chi connectivity index (χ0v) is 26.5. The van der Waals surface area contributed by atoms with Crippen molar-refractivity contribution in [3.8, 4) is 0 Å². The van der Waals surface area contributed by atoms with Gasteiger partial charge in [0.2, 0.25) is 15.5 Å². The highest BCUT2D eigenvalue weighted by atomic mass is 32.2. The van der Waals surface area contributed by atoms with Crippen LogP contribution in [-0.4, -0.2) is 31.8 Å². The monoisotopic (exact) mass is 611 g/mol. The lowest BCUT2D eigenvalue weighted by atomic mass is 9.79. The van der Waals surface area contributed by atoms with Gasteiger partial charge in [0.1, 0.15) is 0 Å². The van der Waals surface area contributed by atoms with Crippen molar-refractivity contribution in [3.05, 3.63) is 143 Å². The molecule has 226 valence electrons. The summed E-state index contributed by atoms with van der Waals surface area (Å²) in [6.45, 7) is 1.96. The van der Waals surface area contributed by atoms with Gasteiger partial charge in [0.25, 0.3) is 0 Å². The number of hydrogen-bond acceptors (Lipinski definition) is 3. The van der Waals surface area contributed by atoms with E-state index in [-0.39, 0.29) is 0 Å². The van der Waals surface area contributed by atoms with E-state index in [4.69, 9.17) is 0 Å². The highest BCUT2D eigenvalue weighted by Crippen LogP contribution is 2.41. The van der Waals surface area contributed by atoms with Crippen LogP contribution in [0.1, 0.15) is 47.9 Å². The Morgan fingerprint density at radius 2 is 1.47 bits per heavy atom. The predicted molar refractivity (Wildman–Crippen MR) is 181 cm³/mol. The van der Waals surface area contributed by atoms with Gasteiger partial charge in [-0.05, 0) is 109 Å². The molecule has 45 heavy (non-hydrogen) atoms. The van der Waals surface area contributed by atoms with E-state index in [1.165, 1.54) is 52.2 Å². The summed E-state index contributed by atoms with van der Waals surface area (Å²) >= 11 is 0. The Morgan fingerprint density at radius 1 is 0.689 bits per heavy atom. The summed E-state index contributed by atoms with van der Waals surface area (Å²) < 4.78 is 29.1. The molecule has 0 N–H and O–H groups in total. The quantitative estimate of drug-likeness (QED) is 0.207. The van der Waals surface area contributed by atoms with Crippen molar-refractivity contribution in [2.75, 3.05) is 18.0 Å². The maximum absolute atomic E-state index is 13.3. The molecule has 4 aromatic carbocycles. The molecular formula is C40H39N2O2S+. The first-order valence-corrected chi connectivity index (χ1v) is 17.9. The molecule has 0 saturated carbocycles. The molecule has 4 aromatic rings. The van der Waals surface area contributed by atoms with Gasteiger partial charge in [-0.15, -0.1) is 0 Å². The molecule has 4 nitrogen and oxygen atoms in total. The number of anilines is 1. The molecule has 0 aromatic heterocycles. The van der Waals surface area contributed by atoms with E-state index in [9.17, 15) is 8.42 Å². The van der Waals surface area contributed by atoms with Gasteiger partial charge in [-0.2, -0.15) is 4.58 Å². The number of nitrogens with zero attached hydrogens (tertiary/aromatic N) is 2. The Kier molecular flexibility index (Phi) is 7.29. The van der Waals surface area contributed by atoms with E-state index in [1.54, 1.807) is 30.3 Å². The summed E-state index contributed by atoms with van der Waals surface area (Å²) in [4.78, 5) is 3.17. The summed E-state index contributed by atoms with van der Waals surface area (Å²) in [6.07, 6.45) is 13.7. The maximum Gasteiger partial charge on any atom is 0.208 e. The minimum absolute atomic E-state index is 0.348. The third-order valence-electron chi connectivity index (χ3n) is 10.2. The molecule has 5 heteroatoms. The van der Waals surface area contributed by atoms with Crippen LogP contribution in [0.15, 0.2) is 130 Å². The Morgan fingerprint density at radius 3 is 2.31 bits per heavy atom. The lowest BCUT2D eigenvalue weighted by Gasteiger charge is -2.32. The summed E-state index contributed by atoms with van der Waals surface area (Å²) in [6, 6.07) is 32.4. The molecular weight excluding hydrogens is 573 g/mol. The largest absolute Gasteiger partial charge is 0.345 e. The molecule has 0 amide bonds. The number of hydrogen-bond donors (Lipinski definition) is 0. The van der Waals surface area contributed by atoms with E-state index >= 15 is 0 Å². The fourth-order valence-electron chi connectivity index (χ4n) is 7.78. The molecule has 2 aliphatic carbocycles. The highest BCUT2D eigenvalue weighted by Gasteiger charge is 2.33. The van der Waals surface area contributed by atoms with E-state index in [1.807, 2.05) is 18.2 Å². The summed E-state index contributed by atoms with van der Waals surface area (Å²) in [5.74, 6) is 0.625. The van der Waals surface area contributed by atoms with Gasteiger partial charge in [-0.3, -0.25) is 0 Å². The van der Waals surface area contributed by atoms with Crippen molar-refractivity contribution in [2.45, 2.75) is 61.2 Å². The van der Waals surface area contributed by atoms with Crippen molar-refractivity contribution in [1.29, 1.82) is 0 Å². The fraction of sp³-hybridized carbons (Fsp3) is 0.275. The Labute approximate surface area is 267 Å². The molecule has 8 rings (SSSR count).